The summed E-state index contributed by atoms with van der Waals surface area (Å²) in [7, 11) is 1.99. The molecule has 0 N–H and O–H groups in total. The maximum absolute atomic E-state index is 12.1. The Morgan fingerprint density at radius 2 is 1.63 bits per heavy atom. The predicted molar refractivity (Wildman–Crippen MR) is 67.8 cm³/mol. The number of carbonyl (C=O) groups excluding carboxylic acids is 1. The van der Waals surface area contributed by atoms with Crippen LogP contribution in [0.1, 0.15) is 39.5 Å². The Morgan fingerprint density at radius 3 is 2.05 bits per heavy atom. The summed E-state index contributed by atoms with van der Waals surface area (Å²) in [6, 6.07) is 0.249. The first kappa shape index (κ1) is 16.3. The number of carbonyl (C=O) groups is 1. The Morgan fingerprint density at radius 1 is 1.16 bits per heavy atom. The Labute approximate surface area is 112 Å². The van der Waals surface area contributed by atoms with Crippen molar-refractivity contribution in [2.75, 3.05) is 20.1 Å². The number of nitrogens with zero attached hydrogens (tertiary/aromatic N) is 2. The van der Waals surface area contributed by atoms with Gasteiger partial charge in [-0.05, 0) is 19.9 Å². The lowest BCUT2D eigenvalue weighted by Crippen LogP contribution is -2.54. The number of rotatable bonds is 2. The number of hydrogen-bond acceptors (Lipinski definition) is 2. The number of alkyl halides is 3. The zero-order chi connectivity index (χ0) is 14.6. The third-order valence-electron chi connectivity index (χ3n) is 3.58. The molecule has 0 saturated carbocycles. The first-order valence-corrected chi connectivity index (χ1v) is 6.93. The van der Waals surface area contributed by atoms with Gasteiger partial charge in [0.25, 0.3) is 0 Å². The fourth-order valence-electron chi connectivity index (χ4n) is 2.90. The summed E-state index contributed by atoms with van der Waals surface area (Å²) in [6.07, 6.45) is -3.79. The molecule has 0 aromatic carbocycles. The summed E-state index contributed by atoms with van der Waals surface area (Å²) in [5.41, 5.74) is 0. The van der Waals surface area contributed by atoms with E-state index in [1.807, 2.05) is 20.9 Å². The van der Waals surface area contributed by atoms with Gasteiger partial charge in [0, 0.05) is 31.6 Å². The molecule has 0 spiro atoms. The van der Waals surface area contributed by atoms with Gasteiger partial charge in [-0.2, -0.15) is 13.2 Å². The van der Waals surface area contributed by atoms with Crippen molar-refractivity contribution in [2.45, 2.75) is 57.8 Å². The first-order valence-electron chi connectivity index (χ1n) is 6.93. The SMILES string of the molecule is CC.CN1CC2CCC(C1)N2C(=O)CCC(F)(F)F. The maximum atomic E-state index is 12.1. The van der Waals surface area contributed by atoms with Crippen LogP contribution < -0.4 is 0 Å². The molecule has 112 valence electrons. The van der Waals surface area contributed by atoms with Gasteiger partial charge < -0.3 is 9.80 Å². The standard InChI is InChI=1S/C11H17F3N2O.C2H6/c1-15-6-8-2-3-9(7-15)16(8)10(17)4-5-11(12,13)14;1-2/h8-9H,2-7H2,1H3;1-2H3. The van der Waals surface area contributed by atoms with Gasteiger partial charge >= 0.3 is 6.18 Å². The van der Waals surface area contributed by atoms with Gasteiger partial charge in [-0.3, -0.25) is 4.79 Å². The van der Waals surface area contributed by atoms with Crippen LogP contribution in [0.3, 0.4) is 0 Å². The highest BCUT2D eigenvalue weighted by Gasteiger charge is 2.42. The van der Waals surface area contributed by atoms with E-state index >= 15 is 0 Å². The topological polar surface area (TPSA) is 23.6 Å². The molecule has 2 saturated heterocycles. The normalized spacial score (nSPS) is 26.9. The molecule has 1 amide bonds. The Balaban J connectivity index is 0.000000861. The van der Waals surface area contributed by atoms with Crippen LogP contribution in [0.5, 0.6) is 0 Å². The quantitative estimate of drug-likeness (QED) is 0.776. The summed E-state index contributed by atoms with van der Waals surface area (Å²) in [5, 5.41) is 0. The number of amides is 1. The highest BCUT2D eigenvalue weighted by Crippen LogP contribution is 2.31. The van der Waals surface area contributed by atoms with E-state index < -0.39 is 19.0 Å². The van der Waals surface area contributed by atoms with Crippen LogP contribution >= 0.6 is 0 Å². The highest BCUT2D eigenvalue weighted by molar-refractivity contribution is 5.77. The maximum Gasteiger partial charge on any atom is 0.389 e. The number of likely N-dealkylation sites (N-methyl/N-ethyl adjacent to an activating group) is 1. The van der Waals surface area contributed by atoms with Crippen LogP contribution in [-0.4, -0.2) is 54.1 Å². The molecule has 6 heteroatoms. The second-order valence-corrected chi connectivity index (χ2v) is 5.02. The molecule has 2 aliphatic heterocycles. The zero-order valence-electron chi connectivity index (χ0n) is 11.8. The van der Waals surface area contributed by atoms with Gasteiger partial charge in [0.15, 0.2) is 0 Å². The Bertz CT molecular complexity index is 293. The smallest absolute Gasteiger partial charge is 0.334 e. The van der Waals surface area contributed by atoms with E-state index in [9.17, 15) is 18.0 Å². The molecule has 3 nitrogen and oxygen atoms in total. The van der Waals surface area contributed by atoms with E-state index in [2.05, 4.69) is 4.90 Å². The summed E-state index contributed by atoms with van der Waals surface area (Å²) < 4.78 is 36.2. The van der Waals surface area contributed by atoms with Gasteiger partial charge in [-0.15, -0.1) is 0 Å². The number of fused-ring (bicyclic) bond motifs is 2. The number of halogens is 3. The largest absolute Gasteiger partial charge is 0.389 e. The lowest BCUT2D eigenvalue weighted by Gasteiger charge is -2.39. The molecule has 2 bridgehead atoms. The van der Waals surface area contributed by atoms with Crippen LogP contribution in [0.25, 0.3) is 0 Å². The Hall–Kier alpha value is -0.780. The lowest BCUT2D eigenvalue weighted by atomic mass is 10.1. The van der Waals surface area contributed by atoms with Crippen molar-refractivity contribution in [1.29, 1.82) is 0 Å². The van der Waals surface area contributed by atoms with Crippen molar-refractivity contribution in [2.24, 2.45) is 0 Å². The zero-order valence-corrected chi connectivity index (χ0v) is 11.8. The van der Waals surface area contributed by atoms with Crippen LogP contribution in [0.15, 0.2) is 0 Å². The molecule has 2 rings (SSSR count). The average molecular weight is 280 g/mol. The van der Waals surface area contributed by atoms with E-state index in [4.69, 9.17) is 0 Å². The van der Waals surface area contributed by atoms with Crippen molar-refractivity contribution < 1.29 is 18.0 Å². The van der Waals surface area contributed by atoms with Gasteiger partial charge in [-0.1, -0.05) is 13.8 Å². The minimum atomic E-state index is -4.23. The second kappa shape index (κ2) is 6.59. The molecule has 2 unspecified atom stereocenters. The van der Waals surface area contributed by atoms with E-state index in [1.54, 1.807) is 4.90 Å². The van der Waals surface area contributed by atoms with E-state index in [-0.39, 0.29) is 18.0 Å². The minimum Gasteiger partial charge on any atom is -0.334 e. The average Bonchev–Trinajstić information content (AvgIpc) is 2.60. The predicted octanol–water partition coefficient (Wildman–Crippen LogP) is 2.66. The van der Waals surface area contributed by atoms with E-state index in [0.717, 1.165) is 25.9 Å². The summed E-state index contributed by atoms with van der Waals surface area (Å²) in [5.74, 6) is -0.331. The summed E-state index contributed by atoms with van der Waals surface area (Å²) in [4.78, 5) is 15.7. The van der Waals surface area contributed by atoms with Crippen molar-refractivity contribution in [3.63, 3.8) is 0 Å². The molecule has 2 heterocycles. The van der Waals surface area contributed by atoms with Gasteiger partial charge in [-0.25, -0.2) is 0 Å². The number of hydrogen-bond donors (Lipinski definition) is 0. The first-order chi connectivity index (χ1) is 8.87. The molecule has 2 atom stereocenters. The lowest BCUT2D eigenvalue weighted by molar-refractivity contribution is -0.152. The van der Waals surface area contributed by atoms with E-state index in [0.29, 0.717) is 0 Å². The van der Waals surface area contributed by atoms with Crippen LogP contribution in [0.2, 0.25) is 0 Å². The molecular weight excluding hydrogens is 257 g/mol. The molecule has 2 aliphatic rings. The Kier molecular flexibility index (Phi) is 5.64. The second-order valence-electron chi connectivity index (χ2n) is 5.02. The van der Waals surface area contributed by atoms with E-state index in [1.165, 1.54) is 0 Å². The molecular formula is C13H23F3N2O. The molecule has 19 heavy (non-hydrogen) atoms. The van der Waals surface area contributed by atoms with Crippen molar-refractivity contribution >= 4 is 5.91 Å². The third kappa shape index (κ3) is 4.37. The van der Waals surface area contributed by atoms with Crippen molar-refractivity contribution in [3.05, 3.63) is 0 Å². The van der Waals surface area contributed by atoms with Gasteiger partial charge in [0.2, 0.25) is 5.91 Å². The fraction of sp³-hybridized carbons (Fsp3) is 0.923. The van der Waals surface area contributed by atoms with Crippen molar-refractivity contribution in [1.82, 2.24) is 9.80 Å². The van der Waals surface area contributed by atoms with Crippen LogP contribution in [0.4, 0.5) is 13.2 Å². The number of likely N-dealkylation sites (tertiary alicyclic amines) is 1. The number of piperazine rings is 1. The highest BCUT2D eigenvalue weighted by atomic mass is 19.4. The van der Waals surface area contributed by atoms with Crippen LogP contribution in [0, 0.1) is 0 Å². The molecule has 0 aliphatic carbocycles. The van der Waals surface area contributed by atoms with Crippen LogP contribution in [-0.2, 0) is 4.79 Å². The summed E-state index contributed by atoms with van der Waals surface area (Å²) in [6.45, 7) is 5.57. The minimum absolute atomic E-state index is 0.125. The molecule has 0 aromatic rings. The summed E-state index contributed by atoms with van der Waals surface area (Å²) >= 11 is 0. The molecule has 0 aromatic heterocycles. The van der Waals surface area contributed by atoms with Crippen molar-refractivity contribution in [3.8, 4) is 0 Å². The van der Waals surface area contributed by atoms with Gasteiger partial charge in [0.1, 0.15) is 0 Å². The monoisotopic (exact) mass is 280 g/mol. The van der Waals surface area contributed by atoms with Gasteiger partial charge in [0.05, 0.1) is 6.42 Å². The fourth-order valence-corrected chi connectivity index (χ4v) is 2.90. The molecule has 2 fully saturated rings. The molecule has 0 radical (unpaired) electrons. The third-order valence-corrected chi connectivity index (χ3v) is 3.58.